The largest absolute Gasteiger partial charge is 0.325 e. The Morgan fingerprint density at radius 3 is 2.69 bits per heavy atom. The predicted molar refractivity (Wildman–Crippen MR) is 56.4 cm³/mol. The Hall–Kier alpha value is -0.0400. The highest BCUT2D eigenvalue weighted by Gasteiger charge is 2.55. The summed E-state index contributed by atoms with van der Waals surface area (Å²) in [6.07, 6.45) is 8.21. The molecule has 4 unspecified atom stereocenters. The third-order valence-corrected chi connectivity index (χ3v) is 4.29. The van der Waals surface area contributed by atoms with Crippen LogP contribution < -0.4 is 5.73 Å². The maximum Gasteiger partial charge on any atom is 0.0215 e. The minimum atomic E-state index is 0.279. The summed E-state index contributed by atoms with van der Waals surface area (Å²) in [6, 6.07) is 0. The van der Waals surface area contributed by atoms with Crippen LogP contribution in [0.4, 0.5) is 0 Å². The summed E-state index contributed by atoms with van der Waals surface area (Å²) >= 11 is 0. The smallest absolute Gasteiger partial charge is 0.0215 e. The van der Waals surface area contributed by atoms with E-state index in [2.05, 4.69) is 13.8 Å². The van der Waals surface area contributed by atoms with E-state index in [-0.39, 0.29) is 5.54 Å². The van der Waals surface area contributed by atoms with Crippen LogP contribution >= 0.6 is 0 Å². The van der Waals surface area contributed by atoms with Gasteiger partial charge in [-0.15, -0.1) is 0 Å². The molecule has 2 N–H and O–H groups in total. The fourth-order valence-electron chi connectivity index (χ4n) is 3.28. The Morgan fingerprint density at radius 2 is 2.15 bits per heavy atom. The molecule has 0 aliphatic heterocycles. The van der Waals surface area contributed by atoms with E-state index in [0.717, 1.165) is 17.8 Å². The molecule has 0 aromatic carbocycles. The molecule has 2 aliphatic rings. The Kier molecular flexibility index (Phi) is 2.39. The van der Waals surface area contributed by atoms with E-state index in [9.17, 15) is 0 Å². The van der Waals surface area contributed by atoms with E-state index in [1.165, 1.54) is 38.5 Å². The van der Waals surface area contributed by atoms with Crippen LogP contribution in [0.1, 0.15) is 52.4 Å². The van der Waals surface area contributed by atoms with Gasteiger partial charge in [-0.2, -0.15) is 0 Å². The molecule has 0 spiro atoms. The van der Waals surface area contributed by atoms with Crippen LogP contribution in [-0.4, -0.2) is 5.54 Å². The molecular formula is C12H23N. The third-order valence-electron chi connectivity index (χ3n) is 4.29. The van der Waals surface area contributed by atoms with E-state index < -0.39 is 0 Å². The summed E-state index contributed by atoms with van der Waals surface area (Å²) in [5.74, 6) is 2.67. The van der Waals surface area contributed by atoms with Gasteiger partial charge in [0.1, 0.15) is 0 Å². The average Bonchev–Trinajstić information content (AvgIpc) is 2.57. The van der Waals surface area contributed by atoms with Crippen molar-refractivity contribution in [1.82, 2.24) is 0 Å². The highest BCUT2D eigenvalue weighted by Crippen LogP contribution is 2.54. The van der Waals surface area contributed by atoms with Crippen LogP contribution in [0.2, 0.25) is 0 Å². The van der Waals surface area contributed by atoms with E-state index in [1.807, 2.05) is 0 Å². The summed E-state index contributed by atoms with van der Waals surface area (Å²) in [5.41, 5.74) is 6.72. The van der Waals surface area contributed by atoms with E-state index in [4.69, 9.17) is 5.73 Å². The zero-order valence-electron chi connectivity index (χ0n) is 9.05. The normalized spacial score (nSPS) is 49.6. The zero-order chi connectivity index (χ0) is 9.47. The Balaban J connectivity index is 1.88. The van der Waals surface area contributed by atoms with Gasteiger partial charge in [-0.3, -0.25) is 0 Å². The highest BCUT2D eigenvalue weighted by molar-refractivity contribution is 5.12. The molecule has 0 aromatic heterocycles. The number of rotatable bonds is 3. The van der Waals surface area contributed by atoms with Gasteiger partial charge < -0.3 is 5.73 Å². The van der Waals surface area contributed by atoms with Gasteiger partial charge in [-0.1, -0.05) is 26.7 Å². The third kappa shape index (κ3) is 1.63. The molecule has 2 saturated carbocycles. The van der Waals surface area contributed by atoms with Crippen molar-refractivity contribution in [3.8, 4) is 0 Å². The standard InChI is InChI=1S/C12H23N/c1-3-4-11-8-12(11,13)10-6-5-9(2)7-10/h9-11H,3-8,13H2,1-2H3. The van der Waals surface area contributed by atoms with E-state index >= 15 is 0 Å². The molecule has 76 valence electrons. The molecule has 2 aliphatic carbocycles. The van der Waals surface area contributed by atoms with Crippen molar-refractivity contribution in [3.05, 3.63) is 0 Å². The summed E-state index contributed by atoms with van der Waals surface area (Å²) in [5, 5.41) is 0. The first-order chi connectivity index (χ1) is 6.16. The van der Waals surface area contributed by atoms with Crippen molar-refractivity contribution >= 4 is 0 Å². The summed E-state index contributed by atoms with van der Waals surface area (Å²) < 4.78 is 0. The van der Waals surface area contributed by atoms with Gasteiger partial charge in [0.05, 0.1) is 0 Å². The number of hydrogen-bond donors (Lipinski definition) is 1. The molecule has 0 aromatic rings. The lowest BCUT2D eigenvalue weighted by atomic mass is 9.92. The number of nitrogens with two attached hydrogens (primary N) is 1. The van der Waals surface area contributed by atoms with Gasteiger partial charge in [-0.25, -0.2) is 0 Å². The monoisotopic (exact) mass is 181 g/mol. The van der Waals surface area contributed by atoms with Crippen LogP contribution in [-0.2, 0) is 0 Å². The van der Waals surface area contributed by atoms with Crippen molar-refractivity contribution < 1.29 is 0 Å². The minimum Gasteiger partial charge on any atom is -0.325 e. The SMILES string of the molecule is CCCC1CC1(N)C1CCC(C)C1. The van der Waals surface area contributed by atoms with Crippen LogP contribution in [0, 0.1) is 17.8 Å². The van der Waals surface area contributed by atoms with Crippen molar-refractivity contribution in [2.45, 2.75) is 57.9 Å². The highest BCUT2D eigenvalue weighted by atomic mass is 14.9. The van der Waals surface area contributed by atoms with Crippen molar-refractivity contribution in [3.63, 3.8) is 0 Å². The molecule has 0 heterocycles. The second-order valence-corrected chi connectivity index (χ2v) is 5.42. The molecule has 0 radical (unpaired) electrons. The van der Waals surface area contributed by atoms with Crippen LogP contribution in [0.5, 0.6) is 0 Å². The molecule has 2 fully saturated rings. The molecular weight excluding hydrogens is 158 g/mol. The Morgan fingerprint density at radius 1 is 1.38 bits per heavy atom. The maximum atomic E-state index is 6.44. The molecule has 4 atom stereocenters. The fourth-order valence-corrected chi connectivity index (χ4v) is 3.28. The predicted octanol–water partition coefficient (Wildman–Crippen LogP) is 2.94. The Bertz CT molecular complexity index is 190. The fraction of sp³-hybridized carbons (Fsp3) is 1.00. The second kappa shape index (κ2) is 3.27. The van der Waals surface area contributed by atoms with Gasteiger partial charge in [0.15, 0.2) is 0 Å². The average molecular weight is 181 g/mol. The van der Waals surface area contributed by atoms with Crippen LogP contribution in [0.3, 0.4) is 0 Å². The Labute approximate surface area is 82.1 Å². The first-order valence-corrected chi connectivity index (χ1v) is 5.95. The van der Waals surface area contributed by atoms with E-state index in [1.54, 1.807) is 0 Å². The van der Waals surface area contributed by atoms with Gasteiger partial charge in [0, 0.05) is 5.54 Å². The van der Waals surface area contributed by atoms with Gasteiger partial charge >= 0.3 is 0 Å². The van der Waals surface area contributed by atoms with Gasteiger partial charge in [0.25, 0.3) is 0 Å². The lowest BCUT2D eigenvalue weighted by Gasteiger charge is -2.19. The number of hydrogen-bond acceptors (Lipinski definition) is 1. The van der Waals surface area contributed by atoms with Crippen molar-refractivity contribution in [2.24, 2.45) is 23.5 Å². The molecule has 13 heavy (non-hydrogen) atoms. The summed E-state index contributed by atoms with van der Waals surface area (Å²) in [6.45, 7) is 4.65. The quantitative estimate of drug-likeness (QED) is 0.711. The van der Waals surface area contributed by atoms with Crippen LogP contribution in [0.25, 0.3) is 0 Å². The lowest BCUT2D eigenvalue weighted by molar-refractivity contribution is 0.367. The molecule has 1 heteroatoms. The first-order valence-electron chi connectivity index (χ1n) is 5.95. The molecule has 0 bridgehead atoms. The minimum absolute atomic E-state index is 0.279. The first kappa shape index (κ1) is 9.51. The molecule has 0 amide bonds. The van der Waals surface area contributed by atoms with Gasteiger partial charge in [-0.05, 0) is 43.4 Å². The maximum absolute atomic E-state index is 6.44. The zero-order valence-corrected chi connectivity index (χ0v) is 9.05. The van der Waals surface area contributed by atoms with Crippen molar-refractivity contribution in [2.75, 3.05) is 0 Å². The summed E-state index contributed by atoms with van der Waals surface area (Å²) in [7, 11) is 0. The molecule has 2 rings (SSSR count). The van der Waals surface area contributed by atoms with Crippen LogP contribution in [0.15, 0.2) is 0 Å². The second-order valence-electron chi connectivity index (χ2n) is 5.42. The van der Waals surface area contributed by atoms with Crippen molar-refractivity contribution in [1.29, 1.82) is 0 Å². The van der Waals surface area contributed by atoms with E-state index in [0.29, 0.717) is 0 Å². The molecule has 1 nitrogen and oxygen atoms in total. The lowest BCUT2D eigenvalue weighted by Crippen LogP contribution is -2.33. The van der Waals surface area contributed by atoms with Gasteiger partial charge in [0.2, 0.25) is 0 Å². The molecule has 0 saturated heterocycles. The topological polar surface area (TPSA) is 26.0 Å². The summed E-state index contributed by atoms with van der Waals surface area (Å²) in [4.78, 5) is 0.